The molecule has 1 saturated heterocycles. The van der Waals surface area contributed by atoms with Crippen molar-refractivity contribution in [2.45, 2.75) is 25.0 Å². The Bertz CT molecular complexity index is 750. The second-order valence-corrected chi connectivity index (χ2v) is 7.15. The maximum atomic E-state index is 12.6. The first-order valence-corrected chi connectivity index (χ1v) is 9.51. The Kier molecular flexibility index (Phi) is 5.21. The van der Waals surface area contributed by atoms with E-state index in [-0.39, 0.29) is 31.1 Å². The average molecular weight is 364 g/mol. The Balaban J connectivity index is 1.40. The summed E-state index contributed by atoms with van der Waals surface area (Å²) < 4.78 is 6.04. The van der Waals surface area contributed by atoms with E-state index in [0.717, 1.165) is 24.0 Å². The van der Waals surface area contributed by atoms with Crippen LogP contribution in [0.3, 0.4) is 0 Å². The third-order valence-electron chi connectivity index (χ3n) is 5.18. The van der Waals surface area contributed by atoms with Gasteiger partial charge >= 0.3 is 0 Å². The summed E-state index contributed by atoms with van der Waals surface area (Å²) in [6, 6.07) is 20.2. The topological polar surface area (TPSA) is 49.9 Å². The molecule has 2 amide bonds. The summed E-state index contributed by atoms with van der Waals surface area (Å²) in [5, 5.41) is 0. The van der Waals surface area contributed by atoms with Gasteiger partial charge in [0.1, 0.15) is 12.7 Å². The van der Waals surface area contributed by atoms with Crippen LogP contribution in [0.1, 0.15) is 30.1 Å². The van der Waals surface area contributed by atoms with E-state index in [4.69, 9.17) is 4.74 Å². The lowest BCUT2D eigenvalue weighted by molar-refractivity contribution is -0.149. The zero-order valence-electron chi connectivity index (χ0n) is 15.3. The maximum absolute atomic E-state index is 12.6. The zero-order chi connectivity index (χ0) is 18.6. The monoisotopic (exact) mass is 364 g/mol. The highest BCUT2D eigenvalue weighted by Crippen LogP contribution is 2.28. The molecular weight excluding hydrogens is 340 g/mol. The minimum atomic E-state index is -0.306. The maximum Gasteiger partial charge on any atom is 0.249 e. The van der Waals surface area contributed by atoms with Gasteiger partial charge in [-0.2, -0.15) is 0 Å². The predicted molar refractivity (Wildman–Crippen MR) is 102 cm³/mol. The summed E-state index contributed by atoms with van der Waals surface area (Å²) in [5.41, 5.74) is 2.01. The van der Waals surface area contributed by atoms with E-state index in [1.165, 1.54) is 0 Å². The van der Waals surface area contributed by atoms with Crippen LogP contribution < -0.4 is 0 Å². The number of benzene rings is 2. The molecule has 0 N–H and O–H groups in total. The molecular formula is C22H24N2O3. The number of piperazine rings is 1. The van der Waals surface area contributed by atoms with Gasteiger partial charge in [-0.1, -0.05) is 60.7 Å². The van der Waals surface area contributed by atoms with Gasteiger partial charge in [-0.3, -0.25) is 9.59 Å². The number of nitrogens with zero attached hydrogens (tertiary/aromatic N) is 2. The molecule has 0 spiro atoms. The average Bonchev–Trinajstić information content (AvgIpc) is 3.55. The van der Waals surface area contributed by atoms with Crippen LogP contribution in [0.15, 0.2) is 60.7 Å². The first kappa shape index (κ1) is 17.7. The van der Waals surface area contributed by atoms with Crippen molar-refractivity contribution in [3.05, 3.63) is 71.8 Å². The fourth-order valence-electron chi connectivity index (χ4n) is 3.56. The summed E-state index contributed by atoms with van der Waals surface area (Å²) >= 11 is 0. The number of carbonyl (C=O) groups excluding carboxylic acids is 2. The molecule has 2 fully saturated rings. The van der Waals surface area contributed by atoms with Crippen molar-refractivity contribution in [2.24, 2.45) is 0 Å². The quantitative estimate of drug-likeness (QED) is 0.792. The van der Waals surface area contributed by atoms with Crippen molar-refractivity contribution < 1.29 is 14.3 Å². The molecule has 2 aromatic carbocycles. The fraction of sp³-hybridized carbons (Fsp3) is 0.364. The Morgan fingerprint density at radius 2 is 1.56 bits per heavy atom. The summed E-state index contributed by atoms with van der Waals surface area (Å²) in [6.07, 6.45) is 1.89. The second-order valence-electron chi connectivity index (χ2n) is 7.15. The molecule has 0 radical (unpaired) electrons. The number of rotatable bonds is 6. The molecule has 1 heterocycles. The number of amides is 2. The van der Waals surface area contributed by atoms with E-state index in [1.807, 2.05) is 65.6 Å². The summed E-state index contributed by atoms with van der Waals surface area (Å²) in [7, 11) is 0. The van der Waals surface area contributed by atoms with E-state index >= 15 is 0 Å². The Labute approximate surface area is 159 Å². The van der Waals surface area contributed by atoms with Crippen LogP contribution in [0, 0.1) is 0 Å². The van der Waals surface area contributed by atoms with Gasteiger partial charge in [-0.25, -0.2) is 0 Å². The number of carbonyl (C=O) groups is 2. The lowest BCUT2D eigenvalue weighted by atomic mass is 10.0. The van der Waals surface area contributed by atoms with Crippen molar-refractivity contribution in [3.63, 3.8) is 0 Å². The number of ether oxygens (including phenoxy) is 1. The smallest absolute Gasteiger partial charge is 0.249 e. The van der Waals surface area contributed by atoms with Gasteiger partial charge in [0.2, 0.25) is 11.8 Å². The normalized spacial score (nSPS) is 17.4. The molecule has 1 aliphatic heterocycles. The van der Waals surface area contributed by atoms with Crippen LogP contribution in [0.2, 0.25) is 0 Å². The highest BCUT2D eigenvalue weighted by molar-refractivity contribution is 5.86. The first-order chi connectivity index (χ1) is 13.2. The van der Waals surface area contributed by atoms with Crippen molar-refractivity contribution in [1.29, 1.82) is 0 Å². The minimum absolute atomic E-state index is 0.0365. The van der Waals surface area contributed by atoms with Crippen molar-refractivity contribution in [2.75, 3.05) is 26.2 Å². The Morgan fingerprint density at radius 1 is 0.963 bits per heavy atom. The van der Waals surface area contributed by atoms with Crippen LogP contribution in [0.5, 0.6) is 0 Å². The number of hydrogen-bond donors (Lipinski definition) is 0. The molecule has 140 valence electrons. The summed E-state index contributed by atoms with van der Waals surface area (Å²) in [4.78, 5) is 28.4. The number of hydrogen-bond acceptors (Lipinski definition) is 3. The molecule has 1 saturated carbocycles. The van der Waals surface area contributed by atoms with Gasteiger partial charge in [0.05, 0.1) is 6.54 Å². The van der Waals surface area contributed by atoms with Gasteiger partial charge in [0.25, 0.3) is 0 Å². The summed E-state index contributed by atoms with van der Waals surface area (Å²) in [6.45, 7) is 1.35. The second kappa shape index (κ2) is 7.92. The van der Waals surface area contributed by atoms with Gasteiger partial charge < -0.3 is 14.5 Å². The molecule has 4 rings (SSSR count). The van der Waals surface area contributed by atoms with Gasteiger partial charge in [0.15, 0.2) is 0 Å². The van der Waals surface area contributed by atoms with E-state index in [1.54, 1.807) is 4.90 Å². The third kappa shape index (κ3) is 4.19. The molecule has 0 atom stereocenters. The molecule has 5 nitrogen and oxygen atoms in total. The van der Waals surface area contributed by atoms with E-state index in [9.17, 15) is 9.59 Å². The molecule has 0 bridgehead atoms. The molecule has 27 heavy (non-hydrogen) atoms. The first-order valence-electron chi connectivity index (χ1n) is 9.51. The molecule has 0 unspecified atom stereocenters. The van der Waals surface area contributed by atoms with Crippen molar-refractivity contribution >= 4 is 11.8 Å². The molecule has 0 aromatic heterocycles. The van der Waals surface area contributed by atoms with Gasteiger partial charge in [-0.05, 0) is 24.0 Å². The predicted octanol–water partition coefficient (Wildman–Crippen LogP) is 2.63. The lowest BCUT2D eigenvalue weighted by Gasteiger charge is -2.34. The fourth-order valence-corrected chi connectivity index (χ4v) is 3.56. The zero-order valence-corrected chi connectivity index (χ0v) is 15.3. The Morgan fingerprint density at radius 3 is 2.07 bits per heavy atom. The largest absolute Gasteiger partial charge is 0.359 e. The molecule has 2 aliphatic rings. The van der Waals surface area contributed by atoms with Crippen LogP contribution in [-0.4, -0.2) is 53.9 Å². The van der Waals surface area contributed by atoms with Crippen LogP contribution in [0.25, 0.3) is 0 Å². The minimum Gasteiger partial charge on any atom is -0.359 e. The molecule has 5 heteroatoms. The third-order valence-corrected chi connectivity index (χ3v) is 5.18. The van der Waals surface area contributed by atoms with E-state index in [2.05, 4.69) is 0 Å². The highest BCUT2D eigenvalue weighted by Gasteiger charge is 2.36. The van der Waals surface area contributed by atoms with Crippen LogP contribution in [0.4, 0.5) is 0 Å². The van der Waals surface area contributed by atoms with E-state index in [0.29, 0.717) is 19.1 Å². The van der Waals surface area contributed by atoms with Gasteiger partial charge in [-0.15, -0.1) is 0 Å². The molecule has 2 aromatic rings. The lowest BCUT2D eigenvalue weighted by Crippen LogP contribution is -2.53. The van der Waals surface area contributed by atoms with Crippen LogP contribution >= 0.6 is 0 Å². The SMILES string of the molecule is O=C(COC(c1ccccc1)c1ccccc1)N1CCN(C2CC2)C(=O)C1. The molecule has 1 aliphatic carbocycles. The standard InChI is InChI=1S/C22H24N2O3/c25-20-15-23(13-14-24(20)19-11-12-19)21(26)16-27-22(17-7-3-1-4-8-17)18-9-5-2-6-10-18/h1-10,19,22H,11-16H2. The van der Waals surface area contributed by atoms with Crippen LogP contribution in [-0.2, 0) is 14.3 Å². The van der Waals surface area contributed by atoms with E-state index < -0.39 is 0 Å². The van der Waals surface area contributed by atoms with Crippen molar-refractivity contribution in [1.82, 2.24) is 9.80 Å². The van der Waals surface area contributed by atoms with Crippen molar-refractivity contribution in [3.8, 4) is 0 Å². The highest BCUT2D eigenvalue weighted by atomic mass is 16.5. The summed E-state index contributed by atoms with van der Waals surface area (Å²) in [5.74, 6) is -0.0737. The van der Waals surface area contributed by atoms with Gasteiger partial charge in [0, 0.05) is 19.1 Å². The Hall–Kier alpha value is -2.66.